The standard InChI is InChI=1S/C19H14N2O2S/c22-19(12-14-11-17(23-21-14)18-9-4-10-24-18)20-16-8-3-6-13-5-1-2-7-15(13)16/h1-11H,12H2,(H,20,22). The van der Waals surface area contributed by atoms with E-state index < -0.39 is 0 Å². The van der Waals surface area contributed by atoms with Crippen molar-refractivity contribution in [2.45, 2.75) is 6.42 Å². The Kier molecular flexibility index (Phi) is 3.84. The van der Waals surface area contributed by atoms with Gasteiger partial charge in [0.1, 0.15) is 0 Å². The van der Waals surface area contributed by atoms with Gasteiger partial charge in [-0.1, -0.05) is 47.6 Å². The number of fused-ring (bicyclic) bond motifs is 1. The number of nitrogens with zero attached hydrogens (tertiary/aromatic N) is 1. The summed E-state index contributed by atoms with van der Waals surface area (Å²) in [5.74, 6) is 0.579. The molecule has 0 spiro atoms. The zero-order valence-corrected chi connectivity index (χ0v) is 13.5. The van der Waals surface area contributed by atoms with E-state index in [1.54, 1.807) is 11.3 Å². The lowest BCUT2D eigenvalue weighted by atomic mass is 10.1. The first-order valence-corrected chi connectivity index (χ1v) is 8.45. The number of anilines is 1. The van der Waals surface area contributed by atoms with Crippen LogP contribution in [0.5, 0.6) is 0 Å². The third kappa shape index (κ3) is 2.94. The Morgan fingerprint density at radius 2 is 1.96 bits per heavy atom. The van der Waals surface area contributed by atoms with Crippen molar-refractivity contribution in [3.63, 3.8) is 0 Å². The first-order valence-electron chi connectivity index (χ1n) is 7.57. The van der Waals surface area contributed by atoms with Gasteiger partial charge in [-0.2, -0.15) is 0 Å². The van der Waals surface area contributed by atoms with Crippen LogP contribution in [-0.4, -0.2) is 11.1 Å². The molecule has 1 amide bonds. The molecule has 118 valence electrons. The zero-order chi connectivity index (χ0) is 16.4. The molecule has 0 aliphatic carbocycles. The van der Waals surface area contributed by atoms with Crippen molar-refractivity contribution in [1.82, 2.24) is 5.16 Å². The number of benzene rings is 2. The van der Waals surface area contributed by atoms with E-state index in [4.69, 9.17) is 4.52 Å². The minimum Gasteiger partial charge on any atom is -0.355 e. The van der Waals surface area contributed by atoms with Crippen LogP contribution in [0.3, 0.4) is 0 Å². The second kappa shape index (κ2) is 6.29. The number of rotatable bonds is 4. The van der Waals surface area contributed by atoms with Crippen LogP contribution in [0.25, 0.3) is 21.4 Å². The molecule has 5 heteroatoms. The SMILES string of the molecule is O=C(Cc1cc(-c2cccs2)on1)Nc1cccc2ccccc12. The van der Waals surface area contributed by atoms with Crippen LogP contribution in [0, 0.1) is 0 Å². The highest BCUT2D eigenvalue weighted by Crippen LogP contribution is 2.26. The first kappa shape index (κ1) is 14.7. The summed E-state index contributed by atoms with van der Waals surface area (Å²) in [6, 6.07) is 19.6. The van der Waals surface area contributed by atoms with E-state index in [9.17, 15) is 4.79 Å². The van der Waals surface area contributed by atoms with Crippen molar-refractivity contribution in [2.24, 2.45) is 0 Å². The maximum Gasteiger partial charge on any atom is 0.230 e. The van der Waals surface area contributed by atoms with Gasteiger partial charge in [0.05, 0.1) is 17.0 Å². The topological polar surface area (TPSA) is 55.1 Å². The molecule has 4 nitrogen and oxygen atoms in total. The molecule has 2 aromatic heterocycles. The van der Waals surface area contributed by atoms with Crippen LogP contribution >= 0.6 is 11.3 Å². The van der Waals surface area contributed by atoms with Gasteiger partial charge >= 0.3 is 0 Å². The molecule has 24 heavy (non-hydrogen) atoms. The quantitative estimate of drug-likeness (QED) is 0.586. The van der Waals surface area contributed by atoms with E-state index >= 15 is 0 Å². The fourth-order valence-electron chi connectivity index (χ4n) is 2.62. The van der Waals surface area contributed by atoms with E-state index in [0.29, 0.717) is 11.5 Å². The van der Waals surface area contributed by atoms with Gasteiger partial charge < -0.3 is 9.84 Å². The molecule has 0 unspecified atom stereocenters. The number of aromatic nitrogens is 1. The number of hydrogen-bond donors (Lipinski definition) is 1. The number of thiophene rings is 1. The van der Waals surface area contributed by atoms with E-state index in [1.807, 2.05) is 66.0 Å². The molecular formula is C19H14N2O2S. The summed E-state index contributed by atoms with van der Waals surface area (Å²) < 4.78 is 5.31. The fourth-order valence-corrected chi connectivity index (χ4v) is 3.30. The lowest BCUT2D eigenvalue weighted by Crippen LogP contribution is -2.14. The summed E-state index contributed by atoms with van der Waals surface area (Å²) in [7, 11) is 0. The van der Waals surface area contributed by atoms with Crippen molar-refractivity contribution in [3.05, 3.63) is 71.7 Å². The molecule has 0 fully saturated rings. The van der Waals surface area contributed by atoms with E-state index in [-0.39, 0.29) is 12.3 Å². The summed E-state index contributed by atoms with van der Waals surface area (Å²) in [4.78, 5) is 13.3. The molecule has 0 bridgehead atoms. The number of nitrogens with one attached hydrogen (secondary N) is 1. The molecule has 0 saturated heterocycles. The third-order valence-corrected chi connectivity index (χ3v) is 4.61. The molecule has 1 N–H and O–H groups in total. The largest absolute Gasteiger partial charge is 0.355 e. The maximum absolute atomic E-state index is 12.3. The van der Waals surface area contributed by atoms with E-state index in [0.717, 1.165) is 21.3 Å². The summed E-state index contributed by atoms with van der Waals surface area (Å²) in [5, 5.41) is 11.0. The van der Waals surface area contributed by atoms with E-state index in [2.05, 4.69) is 10.5 Å². The van der Waals surface area contributed by atoms with Crippen molar-refractivity contribution in [1.29, 1.82) is 0 Å². The van der Waals surface area contributed by atoms with Crippen molar-refractivity contribution >= 4 is 33.7 Å². The Bertz CT molecular complexity index is 984. The molecule has 0 radical (unpaired) electrons. The highest BCUT2D eigenvalue weighted by molar-refractivity contribution is 7.13. The van der Waals surface area contributed by atoms with Gasteiger partial charge in [0.25, 0.3) is 0 Å². The first-order chi connectivity index (χ1) is 11.8. The minimum atomic E-state index is -0.114. The second-order valence-electron chi connectivity index (χ2n) is 5.41. The number of carbonyl (C=O) groups is 1. The van der Waals surface area contributed by atoms with Crippen molar-refractivity contribution in [2.75, 3.05) is 5.32 Å². The van der Waals surface area contributed by atoms with Gasteiger partial charge in [-0.3, -0.25) is 4.79 Å². The normalized spacial score (nSPS) is 10.8. The Morgan fingerprint density at radius 3 is 2.83 bits per heavy atom. The summed E-state index contributed by atoms with van der Waals surface area (Å²) in [6.07, 6.45) is 0.179. The van der Waals surface area contributed by atoms with Crippen LogP contribution in [0.15, 0.2) is 70.6 Å². The van der Waals surface area contributed by atoms with Crippen LogP contribution in [0.4, 0.5) is 5.69 Å². The summed E-state index contributed by atoms with van der Waals surface area (Å²) in [6.45, 7) is 0. The van der Waals surface area contributed by atoms with Gasteiger partial charge in [0.15, 0.2) is 5.76 Å². The highest BCUT2D eigenvalue weighted by Gasteiger charge is 2.12. The fraction of sp³-hybridized carbons (Fsp3) is 0.0526. The molecule has 0 aliphatic rings. The lowest BCUT2D eigenvalue weighted by Gasteiger charge is -2.07. The van der Waals surface area contributed by atoms with Gasteiger partial charge in [0.2, 0.25) is 5.91 Å². The Morgan fingerprint density at radius 1 is 1.08 bits per heavy atom. The number of carbonyl (C=O) groups excluding carboxylic acids is 1. The van der Waals surface area contributed by atoms with Crippen LogP contribution in [-0.2, 0) is 11.2 Å². The van der Waals surface area contributed by atoms with Crippen LogP contribution in [0.2, 0.25) is 0 Å². The lowest BCUT2D eigenvalue weighted by molar-refractivity contribution is -0.115. The average molecular weight is 334 g/mol. The van der Waals surface area contributed by atoms with Gasteiger partial charge in [-0.15, -0.1) is 11.3 Å². The van der Waals surface area contributed by atoms with Gasteiger partial charge in [-0.05, 0) is 22.9 Å². The molecule has 0 atom stereocenters. The predicted octanol–water partition coefficient (Wildman–Crippen LogP) is 4.74. The van der Waals surface area contributed by atoms with Gasteiger partial charge in [-0.25, -0.2) is 0 Å². The van der Waals surface area contributed by atoms with Crippen molar-refractivity contribution in [3.8, 4) is 10.6 Å². The Hall–Kier alpha value is -2.92. The Labute approximate surface area is 142 Å². The van der Waals surface area contributed by atoms with Crippen LogP contribution in [0.1, 0.15) is 5.69 Å². The van der Waals surface area contributed by atoms with Crippen molar-refractivity contribution < 1.29 is 9.32 Å². The molecule has 2 aromatic carbocycles. The third-order valence-electron chi connectivity index (χ3n) is 3.73. The maximum atomic E-state index is 12.3. The van der Waals surface area contributed by atoms with Crippen LogP contribution < -0.4 is 5.32 Å². The number of hydrogen-bond acceptors (Lipinski definition) is 4. The Balaban J connectivity index is 1.50. The highest BCUT2D eigenvalue weighted by atomic mass is 32.1. The molecule has 0 saturated carbocycles. The molecule has 4 aromatic rings. The monoisotopic (exact) mass is 334 g/mol. The average Bonchev–Trinajstić information content (AvgIpc) is 3.26. The van der Waals surface area contributed by atoms with Gasteiger partial charge in [0, 0.05) is 17.1 Å². The smallest absolute Gasteiger partial charge is 0.230 e. The predicted molar refractivity (Wildman–Crippen MR) is 96.1 cm³/mol. The number of amides is 1. The summed E-state index contributed by atoms with van der Waals surface area (Å²) in [5.41, 5.74) is 1.43. The minimum absolute atomic E-state index is 0.114. The summed E-state index contributed by atoms with van der Waals surface area (Å²) >= 11 is 1.58. The second-order valence-corrected chi connectivity index (χ2v) is 6.36. The molecular weight excluding hydrogens is 320 g/mol. The van der Waals surface area contributed by atoms with E-state index in [1.165, 1.54) is 0 Å². The zero-order valence-electron chi connectivity index (χ0n) is 12.7. The molecule has 4 rings (SSSR count). The molecule has 0 aliphatic heterocycles. The molecule has 2 heterocycles.